The van der Waals surface area contributed by atoms with Gasteiger partial charge in [-0.05, 0) is 52.2 Å². The predicted octanol–water partition coefficient (Wildman–Crippen LogP) is 2.09. The SMILES string of the molecule is CN(C[C@@H](NC(=O)N[C@H](C(=O)N1C[C@H]2[C@@H]([C@H]1C(=O)N[C@@H](CC(F)F)C(=O)NCCc1ccc(C(N)=O)cc1)C2(C)C)C(C)(C)C)C(C)(C)C)S(C)(=O)=O. The van der Waals surface area contributed by atoms with Crippen LogP contribution in [0.25, 0.3) is 0 Å². The Labute approximate surface area is 311 Å². The Bertz CT molecular complexity index is 1640. The number of benzene rings is 1. The third kappa shape index (κ3) is 11.1. The lowest BCUT2D eigenvalue weighted by Crippen LogP contribution is -2.62. The van der Waals surface area contributed by atoms with Crippen molar-refractivity contribution in [1.82, 2.24) is 30.5 Å². The number of primary amides is 1. The first kappa shape index (κ1) is 43.5. The zero-order chi connectivity index (χ0) is 40.4. The molecule has 1 saturated heterocycles. The fourth-order valence-electron chi connectivity index (χ4n) is 6.84. The third-order valence-corrected chi connectivity index (χ3v) is 11.8. The van der Waals surface area contributed by atoms with E-state index in [1.807, 2.05) is 34.6 Å². The number of piperidine rings is 1. The molecule has 3 rings (SSSR count). The van der Waals surface area contributed by atoms with Crippen molar-refractivity contribution in [2.75, 3.05) is 32.9 Å². The molecule has 0 aromatic heterocycles. The monoisotopic (exact) mass is 769 g/mol. The number of halogens is 2. The van der Waals surface area contributed by atoms with Gasteiger partial charge in [0.05, 0.1) is 6.26 Å². The van der Waals surface area contributed by atoms with Gasteiger partial charge in [0.15, 0.2) is 0 Å². The highest BCUT2D eigenvalue weighted by Gasteiger charge is 2.70. The molecule has 6 atom stereocenters. The Kier molecular flexibility index (Phi) is 13.3. The number of hydrogen-bond donors (Lipinski definition) is 5. The maximum Gasteiger partial charge on any atom is 0.315 e. The summed E-state index contributed by atoms with van der Waals surface area (Å²) in [4.78, 5) is 67.6. The molecule has 298 valence electrons. The number of nitrogens with one attached hydrogen (secondary N) is 4. The number of nitrogens with two attached hydrogens (primary N) is 1. The molecule has 53 heavy (non-hydrogen) atoms. The number of sulfonamides is 1. The van der Waals surface area contributed by atoms with Crippen LogP contribution in [0, 0.1) is 28.1 Å². The molecule has 1 heterocycles. The minimum absolute atomic E-state index is 0.0197. The molecule has 1 aromatic rings. The second-order valence-electron chi connectivity index (χ2n) is 17.1. The molecule has 0 unspecified atom stereocenters. The molecule has 0 bridgehead atoms. The number of amides is 6. The first-order chi connectivity index (χ1) is 24.2. The summed E-state index contributed by atoms with van der Waals surface area (Å²) in [5.41, 5.74) is 4.59. The molecule has 2 fully saturated rings. The van der Waals surface area contributed by atoms with Gasteiger partial charge in [-0.25, -0.2) is 26.3 Å². The van der Waals surface area contributed by atoms with Gasteiger partial charge in [-0.1, -0.05) is 67.5 Å². The summed E-state index contributed by atoms with van der Waals surface area (Å²) in [6.45, 7) is 14.9. The molecular weight excluding hydrogens is 713 g/mol. The van der Waals surface area contributed by atoms with Crippen molar-refractivity contribution >= 4 is 39.7 Å². The number of likely N-dealkylation sites (tertiary alicyclic amines) is 1. The van der Waals surface area contributed by atoms with Gasteiger partial charge in [-0.15, -0.1) is 0 Å². The van der Waals surface area contributed by atoms with Gasteiger partial charge in [-0.3, -0.25) is 19.2 Å². The van der Waals surface area contributed by atoms with Gasteiger partial charge < -0.3 is 31.9 Å². The Hall–Kier alpha value is -3.86. The molecule has 17 heteroatoms. The number of fused-ring (bicyclic) bond motifs is 1. The highest BCUT2D eigenvalue weighted by Crippen LogP contribution is 2.65. The largest absolute Gasteiger partial charge is 0.366 e. The Morgan fingerprint density at radius 1 is 0.981 bits per heavy atom. The number of rotatable bonds is 15. The van der Waals surface area contributed by atoms with Crippen molar-refractivity contribution < 1.29 is 41.2 Å². The normalized spacial score (nSPS) is 21.3. The molecule has 6 amide bonds. The van der Waals surface area contributed by atoms with Crippen LogP contribution in [-0.4, -0.2) is 111 Å². The summed E-state index contributed by atoms with van der Waals surface area (Å²) in [5.74, 6) is -3.07. The maximum absolute atomic E-state index is 14.3. The van der Waals surface area contributed by atoms with Gasteiger partial charge in [0.2, 0.25) is 40.1 Å². The van der Waals surface area contributed by atoms with E-state index in [1.165, 1.54) is 24.1 Å². The number of urea groups is 1. The minimum atomic E-state index is -3.55. The molecule has 2 aliphatic rings. The molecule has 0 radical (unpaired) electrons. The van der Waals surface area contributed by atoms with E-state index in [4.69, 9.17) is 5.73 Å². The Morgan fingerprint density at radius 2 is 1.57 bits per heavy atom. The standard InChI is InChI=1S/C36H57F2N7O7S/c1-34(2,3)24(19-44(9)53(10,51)52)42-33(50)43-28(35(4,5)6)32(49)45-18-22-26(36(22,7)8)27(45)31(48)41-23(17-25(37)38)30(47)40-16-15-20-11-13-21(14-12-20)29(39)46/h11-14,22-28H,15-19H2,1-10H3,(H2,39,46)(H,40,47)(H,41,48)(H2,42,43,50)/t22-,23-,24+,26-,27-,28+/m0/s1. The highest BCUT2D eigenvalue weighted by molar-refractivity contribution is 7.88. The highest BCUT2D eigenvalue weighted by atomic mass is 32.2. The summed E-state index contributed by atoms with van der Waals surface area (Å²) in [6, 6.07) is 1.25. The second kappa shape index (κ2) is 16.2. The number of carbonyl (C=O) groups excluding carboxylic acids is 5. The number of carbonyl (C=O) groups is 5. The van der Waals surface area contributed by atoms with Crippen molar-refractivity contribution in [2.24, 2.45) is 33.8 Å². The van der Waals surface area contributed by atoms with E-state index in [-0.39, 0.29) is 36.9 Å². The lowest BCUT2D eigenvalue weighted by atomic mass is 9.85. The molecule has 14 nitrogen and oxygen atoms in total. The van der Waals surface area contributed by atoms with Crippen LogP contribution in [0.1, 0.15) is 77.7 Å². The molecule has 1 saturated carbocycles. The van der Waals surface area contributed by atoms with Crippen molar-refractivity contribution in [2.45, 2.75) is 98.8 Å². The third-order valence-electron chi connectivity index (χ3n) is 10.5. The number of likely N-dealkylation sites (N-methyl/N-ethyl adjacent to an activating group) is 1. The van der Waals surface area contributed by atoms with Gasteiger partial charge in [0, 0.05) is 44.7 Å². The number of nitrogens with zero attached hydrogens (tertiary/aromatic N) is 2. The smallest absolute Gasteiger partial charge is 0.315 e. The Morgan fingerprint density at radius 3 is 2.06 bits per heavy atom. The second-order valence-corrected chi connectivity index (χ2v) is 19.1. The summed E-state index contributed by atoms with van der Waals surface area (Å²) >= 11 is 0. The molecule has 1 aliphatic carbocycles. The molecule has 0 spiro atoms. The summed E-state index contributed by atoms with van der Waals surface area (Å²) < 4.78 is 52.8. The van der Waals surface area contributed by atoms with Crippen LogP contribution >= 0.6 is 0 Å². The summed E-state index contributed by atoms with van der Waals surface area (Å²) in [6.07, 6.45) is -2.48. The summed E-state index contributed by atoms with van der Waals surface area (Å²) in [7, 11) is -2.14. The van der Waals surface area contributed by atoms with Crippen molar-refractivity contribution in [3.05, 3.63) is 35.4 Å². The van der Waals surface area contributed by atoms with Gasteiger partial charge in [0.1, 0.15) is 18.1 Å². The van der Waals surface area contributed by atoms with E-state index in [9.17, 15) is 41.2 Å². The van der Waals surface area contributed by atoms with Crippen LogP contribution in [0.2, 0.25) is 0 Å². The number of hydrogen-bond acceptors (Lipinski definition) is 7. The Balaban J connectivity index is 1.78. The van der Waals surface area contributed by atoms with E-state index < -0.39 is 87.5 Å². The van der Waals surface area contributed by atoms with Gasteiger partial charge in [0.25, 0.3) is 0 Å². The topological polar surface area (TPSA) is 200 Å². The van der Waals surface area contributed by atoms with Crippen LogP contribution in [-0.2, 0) is 30.8 Å². The van der Waals surface area contributed by atoms with Crippen LogP contribution in [0.4, 0.5) is 13.6 Å². The van der Waals surface area contributed by atoms with Gasteiger partial charge >= 0.3 is 6.03 Å². The van der Waals surface area contributed by atoms with Crippen LogP contribution < -0.4 is 27.0 Å². The van der Waals surface area contributed by atoms with Crippen molar-refractivity contribution in [1.29, 1.82) is 0 Å². The molecule has 1 aromatic carbocycles. The first-order valence-electron chi connectivity index (χ1n) is 17.7. The van der Waals surface area contributed by atoms with Crippen LogP contribution in [0.15, 0.2) is 24.3 Å². The zero-order valence-corrected chi connectivity index (χ0v) is 33.2. The quantitative estimate of drug-likeness (QED) is 0.180. The summed E-state index contributed by atoms with van der Waals surface area (Å²) in [5, 5.41) is 10.7. The lowest BCUT2D eigenvalue weighted by molar-refractivity contribution is -0.144. The maximum atomic E-state index is 14.3. The first-order valence-corrected chi connectivity index (χ1v) is 19.5. The van der Waals surface area contributed by atoms with E-state index in [0.717, 1.165) is 16.1 Å². The van der Waals surface area contributed by atoms with Crippen LogP contribution in [0.3, 0.4) is 0 Å². The van der Waals surface area contributed by atoms with E-state index in [1.54, 1.807) is 32.9 Å². The predicted molar refractivity (Wildman–Crippen MR) is 196 cm³/mol. The number of alkyl halides is 2. The fourth-order valence-corrected chi connectivity index (χ4v) is 7.26. The molecule has 1 aliphatic heterocycles. The van der Waals surface area contributed by atoms with Crippen molar-refractivity contribution in [3.63, 3.8) is 0 Å². The minimum Gasteiger partial charge on any atom is -0.366 e. The zero-order valence-electron chi connectivity index (χ0n) is 32.4. The van der Waals surface area contributed by atoms with E-state index >= 15 is 0 Å². The molecule has 6 N–H and O–H groups in total. The lowest BCUT2D eigenvalue weighted by Gasteiger charge is -2.39. The average Bonchev–Trinajstić information content (AvgIpc) is 3.32. The average molecular weight is 770 g/mol. The van der Waals surface area contributed by atoms with E-state index in [0.29, 0.717) is 12.0 Å². The van der Waals surface area contributed by atoms with Gasteiger partial charge in [-0.2, -0.15) is 0 Å². The molecular formula is C36H57F2N7O7S. The van der Waals surface area contributed by atoms with E-state index in [2.05, 4.69) is 21.3 Å². The van der Waals surface area contributed by atoms with Crippen LogP contribution in [0.5, 0.6) is 0 Å². The fraction of sp³-hybridized carbons (Fsp3) is 0.694. The van der Waals surface area contributed by atoms with Crippen molar-refractivity contribution in [3.8, 4) is 0 Å².